The van der Waals surface area contributed by atoms with Crippen LogP contribution in [0.3, 0.4) is 0 Å². The second-order valence-electron chi connectivity index (χ2n) is 18.6. The van der Waals surface area contributed by atoms with Crippen LogP contribution in [0, 0.1) is 64.1 Å². The minimum atomic E-state index is -0.240. The van der Waals surface area contributed by atoms with E-state index in [-0.39, 0.29) is 52.2 Å². The van der Waals surface area contributed by atoms with Crippen LogP contribution >= 0.6 is 0 Å². The molecule has 8 heteroatoms. The fourth-order valence-corrected chi connectivity index (χ4v) is 12.0. The molecule has 0 heterocycles. The summed E-state index contributed by atoms with van der Waals surface area (Å²) in [5.74, 6) is 1.98. The molecule has 4 rings (SSSR count). The zero-order chi connectivity index (χ0) is 37.2. The molecule has 0 spiro atoms. The number of fused-ring (bicyclic) bond motifs is 5. The Balaban J connectivity index is 1.39. The molecule has 0 aliphatic heterocycles. The molecule has 11 atom stereocenters. The van der Waals surface area contributed by atoms with Gasteiger partial charge in [-0.3, -0.25) is 9.59 Å². The van der Waals surface area contributed by atoms with Gasteiger partial charge < -0.3 is 31.5 Å². The second-order valence-corrected chi connectivity index (χ2v) is 18.6. The number of unbranched alkanes of at least 4 members (excludes halogenated alkanes) is 3. The Hall–Kier alpha value is -1.22. The monoisotopic (exact) mass is 716 g/mol. The first-order chi connectivity index (χ1) is 24.3. The van der Waals surface area contributed by atoms with Gasteiger partial charge in [-0.05, 0) is 162 Å². The fourth-order valence-electron chi connectivity index (χ4n) is 12.0. The van der Waals surface area contributed by atoms with Crippen molar-refractivity contribution in [3.63, 3.8) is 0 Å². The SMILES string of the molecule is CC(=O)O[C@H]1C[C@@]2(C)C(C[CH]C3[C@@]4(C)CC[C@@H](O)[C@@H](C)C4CC[C@@]32C)[C@@H]1[C@H](CCCC(C)C)C(=O)NCCCNCCCCNCCCCCN. The fraction of sp³-hybridized carbons (Fsp3) is 0.930. The van der Waals surface area contributed by atoms with Gasteiger partial charge in [-0.1, -0.05) is 60.8 Å². The molecule has 1 amide bonds. The molecule has 0 saturated heterocycles. The molecule has 6 N–H and O–H groups in total. The molecule has 0 aromatic heterocycles. The lowest BCUT2D eigenvalue weighted by Gasteiger charge is -2.68. The van der Waals surface area contributed by atoms with Gasteiger partial charge in [-0.2, -0.15) is 0 Å². The number of amides is 1. The van der Waals surface area contributed by atoms with E-state index in [0.29, 0.717) is 36.1 Å². The third-order valence-corrected chi connectivity index (χ3v) is 15.0. The first-order valence-corrected chi connectivity index (χ1v) is 21.4. The van der Waals surface area contributed by atoms with Crippen molar-refractivity contribution >= 4 is 11.9 Å². The molecular formula is C43H79N4O4. The lowest BCUT2D eigenvalue weighted by Crippen LogP contribution is -2.62. The van der Waals surface area contributed by atoms with Crippen molar-refractivity contribution in [1.82, 2.24) is 16.0 Å². The molecule has 295 valence electrons. The van der Waals surface area contributed by atoms with E-state index in [0.717, 1.165) is 110 Å². The summed E-state index contributed by atoms with van der Waals surface area (Å²) in [5.41, 5.74) is 5.76. The number of esters is 1. The summed E-state index contributed by atoms with van der Waals surface area (Å²) in [6, 6.07) is 0. The van der Waals surface area contributed by atoms with Gasteiger partial charge in [0.2, 0.25) is 5.91 Å². The number of carbonyl (C=O) groups excluding carboxylic acids is 2. The van der Waals surface area contributed by atoms with E-state index in [9.17, 15) is 14.7 Å². The molecule has 4 aliphatic carbocycles. The number of nitrogens with one attached hydrogen (secondary N) is 3. The van der Waals surface area contributed by atoms with Crippen molar-refractivity contribution in [1.29, 1.82) is 0 Å². The Morgan fingerprint density at radius 1 is 0.863 bits per heavy atom. The number of ether oxygens (including phenoxy) is 1. The molecule has 0 aromatic rings. The minimum Gasteiger partial charge on any atom is -0.462 e. The van der Waals surface area contributed by atoms with Crippen LogP contribution in [-0.4, -0.2) is 68.5 Å². The van der Waals surface area contributed by atoms with Crippen LogP contribution in [0.1, 0.15) is 145 Å². The first-order valence-electron chi connectivity index (χ1n) is 21.4. The van der Waals surface area contributed by atoms with Gasteiger partial charge in [0.05, 0.1) is 6.10 Å². The maximum atomic E-state index is 14.3. The molecule has 1 radical (unpaired) electrons. The topological polar surface area (TPSA) is 126 Å². The Morgan fingerprint density at radius 3 is 2.18 bits per heavy atom. The number of aliphatic hydroxyl groups is 1. The third-order valence-electron chi connectivity index (χ3n) is 15.0. The maximum absolute atomic E-state index is 14.3. The Bertz CT molecular complexity index is 1090. The molecule has 4 saturated carbocycles. The van der Waals surface area contributed by atoms with Gasteiger partial charge in [-0.15, -0.1) is 0 Å². The molecular weight excluding hydrogens is 636 g/mol. The van der Waals surface area contributed by atoms with Gasteiger partial charge in [0.1, 0.15) is 6.10 Å². The number of carbonyl (C=O) groups is 2. The van der Waals surface area contributed by atoms with Crippen LogP contribution in [0.2, 0.25) is 0 Å². The summed E-state index contributed by atoms with van der Waals surface area (Å²) in [6.07, 6.45) is 17.9. The average Bonchev–Trinajstić information content (AvgIpc) is 3.36. The molecule has 0 aromatic carbocycles. The molecule has 4 aliphatic rings. The van der Waals surface area contributed by atoms with Crippen molar-refractivity contribution in [3.8, 4) is 0 Å². The van der Waals surface area contributed by atoms with Crippen LogP contribution < -0.4 is 21.7 Å². The average molecular weight is 716 g/mol. The second kappa shape index (κ2) is 19.4. The lowest BCUT2D eigenvalue weighted by atomic mass is 9.37. The van der Waals surface area contributed by atoms with Gasteiger partial charge in [0.15, 0.2) is 0 Å². The highest BCUT2D eigenvalue weighted by Crippen LogP contribution is 2.74. The van der Waals surface area contributed by atoms with Crippen LogP contribution in [0.4, 0.5) is 0 Å². The quantitative estimate of drug-likeness (QED) is 0.0638. The van der Waals surface area contributed by atoms with Gasteiger partial charge in [-0.25, -0.2) is 0 Å². The van der Waals surface area contributed by atoms with E-state index in [1.165, 1.54) is 19.3 Å². The van der Waals surface area contributed by atoms with Crippen molar-refractivity contribution in [2.24, 2.45) is 63.4 Å². The minimum absolute atomic E-state index is 0.0186. The van der Waals surface area contributed by atoms with E-state index < -0.39 is 0 Å². The molecule has 3 unspecified atom stereocenters. The molecule has 4 fully saturated rings. The van der Waals surface area contributed by atoms with E-state index in [1.54, 1.807) is 6.92 Å². The smallest absolute Gasteiger partial charge is 0.302 e. The zero-order valence-electron chi connectivity index (χ0n) is 33.9. The van der Waals surface area contributed by atoms with Gasteiger partial charge >= 0.3 is 5.97 Å². The van der Waals surface area contributed by atoms with Crippen LogP contribution in [0.25, 0.3) is 0 Å². The number of hydrogen-bond donors (Lipinski definition) is 5. The van der Waals surface area contributed by atoms with Crippen molar-refractivity contribution in [2.75, 3.05) is 39.3 Å². The Labute approximate surface area is 312 Å². The number of hydrogen-bond acceptors (Lipinski definition) is 7. The Kier molecular flexibility index (Phi) is 16.2. The van der Waals surface area contributed by atoms with E-state index >= 15 is 0 Å². The van der Waals surface area contributed by atoms with E-state index in [2.05, 4.69) is 63.9 Å². The highest BCUT2D eigenvalue weighted by Gasteiger charge is 2.70. The summed E-state index contributed by atoms with van der Waals surface area (Å²) in [6.45, 7) is 21.4. The Morgan fingerprint density at radius 2 is 1.53 bits per heavy atom. The van der Waals surface area contributed by atoms with Crippen LogP contribution in [0.5, 0.6) is 0 Å². The van der Waals surface area contributed by atoms with Crippen molar-refractivity contribution in [3.05, 3.63) is 6.42 Å². The normalized spacial score (nSPS) is 36.6. The highest BCUT2D eigenvalue weighted by molar-refractivity contribution is 5.79. The predicted octanol–water partition coefficient (Wildman–Crippen LogP) is 7.04. The molecule has 8 nitrogen and oxygen atoms in total. The lowest BCUT2D eigenvalue weighted by molar-refractivity contribution is -0.184. The standard InChI is InChI=1S/C43H79N4O4/c1-30(2)15-13-16-33(40(50)47-28-14-27-46-26-12-11-25-45-24-10-8-9-23-44)39-35-17-18-38-41(5)21-20-36(49)31(3)34(41)19-22-42(38,6)43(35,7)29-37(39)51-32(4)48/h18,30-31,33-39,45-46,49H,8-17,19-29,44H2,1-7H3,(H,47,50)/t31-,33-,34?,35?,36+,37-,38?,39-,41-,42-,43-/m0/s1. The summed E-state index contributed by atoms with van der Waals surface area (Å²) in [4.78, 5) is 27.0. The molecule has 51 heavy (non-hydrogen) atoms. The third kappa shape index (κ3) is 9.91. The largest absolute Gasteiger partial charge is 0.462 e. The zero-order valence-corrected chi connectivity index (χ0v) is 33.9. The van der Waals surface area contributed by atoms with E-state index in [4.69, 9.17) is 10.5 Å². The van der Waals surface area contributed by atoms with Crippen LogP contribution in [0.15, 0.2) is 0 Å². The van der Waals surface area contributed by atoms with Crippen LogP contribution in [-0.2, 0) is 14.3 Å². The maximum Gasteiger partial charge on any atom is 0.302 e. The summed E-state index contributed by atoms with van der Waals surface area (Å²) >= 11 is 0. The van der Waals surface area contributed by atoms with Crippen molar-refractivity contribution in [2.45, 2.75) is 157 Å². The first kappa shape index (κ1) is 42.5. The highest BCUT2D eigenvalue weighted by atomic mass is 16.5. The van der Waals surface area contributed by atoms with Gasteiger partial charge in [0.25, 0.3) is 0 Å². The van der Waals surface area contributed by atoms with Gasteiger partial charge in [0, 0.05) is 25.3 Å². The number of aliphatic hydroxyl groups excluding tert-OH is 1. The number of nitrogens with two attached hydrogens (primary N) is 1. The molecule has 0 bridgehead atoms. The van der Waals surface area contributed by atoms with Crippen molar-refractivity contribution < 1.29 is 19.4 Å². The summed E-state index contributed by atoms with van der Waals surface area (Å²) < 4.78 is 6.27. The van der Waals surface area contributed by atoms with E-state index in [1.807, 2.05) is 0 Å². The summed E-state index contributed by atoms with van der Waals surface area (Å²) in [7, 11) is 0. The predicted molar refractivity (Wildman–Crippen MR) is 209 cm³/mol. The summed E-state index contributed by atoms with van der Waals surface area (Å²) in [5, 5.41) is 21.3. The number of rotatable bonds is 21.